The molecule has 0 aromatic heterocycles. The third-order valence-corrected chi connectivity index (χ3v) is 2.83. The van der Waals surface area contributed by atoms with E-state index in [1.165, 1.54) is 0 Å². The zero-order valence-corrected chi connectivity index (χ0v) is 10.9. The summed E-state index contributed by atoms with van der Waals surface area (Å²) in [6.45, 7) is 6.30. The summed E-state index contributed by atoms with van der Waals surface area (Å²) in [5.41, 5.74) is 9.29. The van der Waals surface area contributed by atoms with Gasteiger partial charge >= 0.3 is 0 Å². The van der Waals surface area contributed by atoms with Crippen LogP contribution in [0.2, 0.25) is 0 Å². The van der Waals surface area contributed by atoms with Gasteiger partial charge in [0.1, 0.15) is 5.75 Å². The van der Waals surface area contributed by atoms with Gasteiger partial charge in [0.05, 0.1) is 12.8 Å². The minimum atomic E-state index is -0.0860. The Balaban J connectivity index is 3.14. The van der Waals surface area contributed by atoms with Gasteiger partial charge in [-0.15, -0.1) is 0 Å². The minimum Gasteiger partial charge on any atom is -0.494 e. The first-order valence-corrected chi connectivity index (χ1v) is 5.66. The van der Waals surface area contributed by atoms with Crippen molar-refractivity contribution in [1.82, 2.24) is 0 Å². The Morgan fingerprint density at radius 2 is 2.00 bits per heavy atom. The number of carbonyl (C=O) groups is 1. The highest BCUT2D eigenvalue weighted by atomic mass is 16.5. The third kappa shape index (κ3) is 2.97. The molecule has 0 atom stereocenters. The lowest BCUT2D eigenvalue weighted by molar-refractivity contribution is -0.116. The molecule has 3 N–H and O–H groups in total. The first-order valence-electron chi connectivity index (χ1n) is 5.66. The zero-order valence-electron chi connectivity index (χ0n) is 10.9. The molecule has 0 radical (unpaired) electrons. The molecule has 0 aliphatic heterocycles. The van der Waals surface area contributed by atoms with Gasteiger partial charge in [-0.1, -0.05) is 6.07 Å². The number of benzene rings is 1. The van der Waals surface area contributed by atoms with Gasteiger partial charge in [0, 0.05) is 13.0 Å². The number of aryl methyl sites for hydroxylation is 2. The molecule has 0 heterocycles. The number of nitrogens with one attached hydrogen (secondary N) is 1. The van der Waals surface area contributed by atoms with E-state index >= 15 is 0 Å². The van der Waals surface area contributed by atoms with Crippen molar-refractivity contribution in [3.8, 4) is 5.75 Å². The molecule has 1 aromatic rings. The Bertz CT molecular complexity index is 428. The molecule has 0 unspecified atom stereocenters. The van der Waals surface area contributed by atoms with Crippen LogP contribution >= 0.6 is 0 Å². The lowest BCUT2D eigenvalue weighted by Crippen LogP contribution is -2.17. The average Bonchev–Trinajstić information content (AvgIpc) is 2.27. The Hall–Kier alpha value is -1.55. The highest BCUT2D eigenvalue weighted by molar-refractivity contribution is 5.93. The Kier molecular flexibility index (Phi) is 4.52. The first-order chi connectivity index (χ1) is 8.01. The summed E-state index contributed by atoms with van der Waals surface area (Å²) in [5, 5.41) is 2.85. The topological polar surface area (TPSA) is 64.3 Å². The van der Waals surface area contributed by atoms with Crippen LogP contribution in [0.25, 0.3) is 0 Å². The number of hydrogen-bond donors (Lipinski definition) is 2. The van der Waals surface area contributed by atoms with Crippen LogP contribution in [0.15, 0.2) is 6.07 Å². The summed E-state index contributed by atoms with van der Waals surface area (Å²) in [7, 11) is 1.61. The third-order valence-electron chi connectivity index (χ3n) is 2.83. The highest BCUT2D eigenvalue weighted by Crippen LogP contribution is 2.34. The van der Waals surface area contributed by atoms with Gasteiger partial charge in [0.15, 0.2) is 0 Å². The van der Waals surface area contributed by atoms with Crippen molar-refractivity contribution in [2.24, 2.45) is 5.73 Å². The van der Waals surface area contributed by atoms with Gasteiger partial charge in [-0.3, -0.25) is 4.79 Å². The maximum atomic E-state index is 11.6. The minimum absolute atomic E-state index is 0.0860. The lowest BCUT2D eigenvalue weighted by atomic mass is 10.0. The molecule has 94 valence electrons. The molecule has 0 fully saturated rings. The van der Waals surface area contributed by atoms with E-state index < -0.39 is 0 Å². The van der Waals surface area contributed by atoms with Crippen molar-refractivity contribution in [2.75, 3.05) is 19.0 Å². The smallest absolute Gasteiger partial charge is 0.225 e. The fourth-order valence-electron chi connectivity index (χ4n) is 1.79. The lowest BCUT2D eigenvalue weighted by Gasteiger charge is -2.17. The Morgan fingerprint density at radius 3 is 2.53 bits per heavy atom. The van der Waals surface area contributed by atoms with Gasteiger partial charge in [-0.25, -0.2) is 0 Å². The van der Waals surface area contributed by atoms with Gasteiger partial charge in [-0.05, 0) is 37.5 Å². The van der Waals surface area contributed by atoms with Crippen molar-refractivity contribution >= 4 is 11.6 Å². The van der Waals surface area contributed by atoms with Crippen molar-refractivity contribution in [1.29, 1.82) is 0 Å². The van der Waals surface area contributed by atoms with E-state index in [9.17, 15) is 4.79 Å². The summed E-state index contributed by atoms with van der Waals surface area (Å²) >= 11 is 0. The average molecular weight is 236 g/mol. The second kappa shape index (κ2) is 5.68. The van der Waals surface area contributed by atoms with Crippen molar-refractivity contribution in [3.05, 3.63) is 22.8 Å². The quantitative estimate of drug-likeness (QED) is 0.839. The van der Waals surface area contributed by atoms with E-state index in [0.29, 0.717) is 13.0 Å². The first kappa shape index (κ1) is 13.5. The van der Waals surface area contributed by atoms with Crippen LogP contribution < -0.4 is 15.8 Å². The van der Waals surface area contributed by atoms with E-state index in [1.807, 2.05) is 26.8 Å². The summed E-state index contributed by atoms with van der Waals surface area (Å²) in [5.74, 6) is 0.644. The number of ether oxygens (including phenoxy) is 1. The molecule has 17 heavy (non-hydrogen) atoms. The van der Waals surface area contributed by atoms with Crippen LogP contribution in [0.1, 0.15) is 23.1 Å². The van der Waals surface area contributed by atoms with Gasteiger partial charge in [0.25, 0.3) is 0 Å². The van der Waals surface area contributed by atoms with Crippen LogP contribution in [0.4, 0.5) is 5.69 Å². The fourth-order valence-corrected chi connectivity index (χ4v) is 1.79. The number of carbonyl (C=O) groups excluding carboxylic acids is 1. The van der Waals surface area contributed by atoms with Gasteiger partial charge in [-0.2, -0.15) is 0 Å². The largest absolute Gasteiger partial charge is 0.494 e. The summed E-state index contributed by atoms with van der Waals surface area (Å²) in [6, 6.07) is 2.04. The maximum Gasteiger partial charge on any atom is 0.225 e. The molecule has 1 rings (SSSR count). The molecule has 1 amide bonds. The summed E-state index contributed by atoms with van der Waals surface area (Å²) in [6.07, 6.45) is 0.315. The number of hydrogen-bond acceptors (Lipinski definition) is 3. The summed E-state index contributed by atoms with van der Waals surface area (Å²) in [4.78, 5) is 11.6. The zero-order chi connectivity index (χ0) is 13.0. The van der Waals surface area contributed by atoms with E-state index in [2.05, 4.69) is 5.32 Å². The second-order valence-electron chi connectivity index (χ2n) is 4.13. The summed E-state index contributed by atoms with van der Waals surface area (Å²) < 4.78 is 5.37. The highest BCUT2D eigenvalue weighted by Gasteiger charge is 2.14. The molecule has 4 nitrogen and oxygen atoms in total. The van der Waals surface area contributed by atoms with E-state index in [-0.39, 0.29) is 5.91 Å². The normalized spacial score (nSPS) is 10.2. The molecular weight excluding hydrogens is 216 g/mol. The Morgan fingerprint density at radius 1 is 1.35 bits per heavy atom. The van der Waals surface area contributed by atoms with Crippen molar-refractivity contribution in [2.45, 2.75) is 27.2 Å². The molecule has 0 bridgehead atoms. The van der Waals surface area contributed by atoms with E-state index in [4.69, 9.17) is 10.5 Å². The monoisotopic (exact) mass is 236 g/mol. The van der Waals surface area contributed by atoms with E-state index in [1.54, 1.807) is 7.11 Å². The molecule has 4 heteroatoms. The fraction of sp³-hybridized carbons (Fsp3) is 0.462. The van der Waals surface area contributed by atoms with Gasteiger partial charge < -0.3 is 15.8 Å². The number of rotatable bonds is 4. The van der Waals surface area contributed by atoms with Crippen LogP contribution in [-0.2, 0) is 4.79 Å². The predicted molar refractivity (Wildman–Crippen MR) is 69.5 cm³/mol. The van der Waals surface area contributed by atoms with Crippen LogP contribution in [0.5, 0.6) is 5.75 Å². The predicted octanol–water partition coefficient (Wildman–Crippen LogP) is 1.91. The molecule has 0 saturated carbocycles. The van der Waals surface area contributed by atoms with Gasteiger partial charge in [0.2, 0.25) is 5.91 Å². The van der Waals surface area contributed by atoms with Crippen molar-refractivity contribution < 1.29 is 9.53 Å². The molecular formula is C13H20N2O2. The number of methoxy groups -OCH3 is 1. The standard InChI is InChI=1S/C13H20N2O2/c1-8-7-9(2)12(13(17-4)10(8)3)15-11(16)5-6-14/h7H,5-6,14H2,1-4H3,(H,15,16). The molecule has 0 aliphatic rings. The van der Waals surface area contributed by atoms with E-state index in [0.717, 1.165) is 28.1 Å². The molecule has 0 aliphatic carbocycles. The maximum absolute atomic E-state index is 11.6. The van der Waals surface area contributed by atoms with Crippen LogP contribution in [0, 0.1) is 20.8 Å². The molecule has 1 aromatic carbocycles. The molecule has 0 spiro atoms. The number of amides is 1. The second-order valence-corrected chi connectivity index (χ2v) is 4.13. The van der Waals surface area contributed by atoms with Crippen LogP contribution in [0.3, 0.4) is 0 Å². The van der Waals surface area contributed by atoms with Crippen molar-refractivity contribution in [3.63, 3.8) is 0 Å². The molecule has 0 saturated heterocycles. The number of nitrogens with two attached hydrogens (primary N) is 1. The number of anilines is 1. The van der Waals surface area contributed by atoms with Crippen LogP contribution in [-0.4, -0.2) is 19.6 Å². The Labute approximate surface area is 102 Å². The SMILES string of the molecule is COc1c(C)c(C)cc(C)c1NC(=O)CCN.